The van der Waals surface area contributed by atoms with Gasteiger partial charge in [-0.15, -0.1) is 0 Å². The molecule has 2 atom stereocenters. The zero-order chi connectivity index (χ0) is 16.8. The van der Waals surface area contributed by atoms with Crippen molar-refractivity contribution in [3.05, 3.63) is 11.1 Å². The topological polar surface area (TPSA) is 0 Å². The highest BCUT2D eigenvalue weighted by Gasteiger charge is 2.56. The maximum atomic E-state index is 13.1. The molecule has 0 aliphatic heterocycles. The molecular formula is C20H31F2I. The van der Waals surface area contributed by atoms with E-state index in [2.05, 4.69) is 36.4 Å². The van der Waals surface area contributed by atoms with Gasteiger partial charge in [-0.25, -0.2) is 8.78 Å². The average molecular weight is 436 g/mol. The molecule has 3 heteroatoms. The van der Waals surface area contributed by atoms with Gasteiger partial charge < -0.3 is 0 Å². The van der Waals surface area contributed by atoms with Crippen LogP contribution in [0.3, 0.4) is 0 Å². The third-order valence-corrected chi connectivity index (χ3v) is 8.50. The van der Waals surface area contributed by atoms with Crippen LogP contribution in [0.15, 0.2) is 11.1 Å². The van der Waals surface area contributed by atoms with Gasteiger partial charge in [-0.2, -0.15) is 0 Å². The Morgan fingerprint density at radius 2 is 1.83 bits per heavy atom. The first-order valence-corrected chi connectivity index (χ1v) is 10.7. The molecule has 0 bridgehead atoms. The summed E-state index contributed by atoms with van der Waals surface area (Å²) in [5.41, 5.74) is 3.38. The molecule has 3 aliphatic rings. The fourth-order valence-electron chi connectivity index (χ4n) is 5.34. The maximum absolute atomic E-state index is 13.1. The minimum absolute atomic E-state index is 0.0194. The first-order valence-electron chi connectivity index (χ1n) is 9.43. The highest BCUT2D eigenvalue weighted by atomic mass is 127. The summed E-state index contributed by atoms with van der Waals surface area (Å²) >= 11 is 2.62. The normalized spacial score (nSPS) is 35.0. The second-order valence-corrected chi connectivity index (χ2v) is 10.4. The van der Waals surface area contributed by atoms with E-state index in [-0.39, 0.29) is 6.42 Å². The molecule has 0 N–H and O–H groups in total. The summed E-state index contributed by atoms with van der Waals surface area (Å²) in [5, 5.41) is 0. The van der Waals surface area contributed by atoms with E-state index in [0.717, 1.165) is 29.1 Å². The molecule has 0 heterocycles. The van der Waals surface area contributed by atoms with Crippen LogP contribution in [0.25, 0.3) is 0 Å². The summed E-state index contributed by atoms with van der Waals surface area (Å²) in [6.07, 6.45) is 10.2. The number of halogens is 3. The third-order valence-electron chi connectivity index (χ3n) is 7.25. The molecule has 3 aliphatic carbocycles. The van der Waals surface area contributed by atoms with Crippen molar-refractivity contribution in [2.45, 2.75) is 88.4 Å². The van der Waals surface area contributed by atoms with Crippen LogP contribution in [0, 0.1) is 23.2 Å². The van der Waals surface area contributed by atoms with Gasteiger partial charge in [-0.05, 0) is 88.4 Å². The lowest BCUT2D eigenvalue weighted by Crippen LogP contribution is -2.35. The molecular weight excluding hydrogens is 405 g/mol. The van der Waals surface area contributed by atoms with Crippen molar-refractivity contribution in [1.82, 2.24) is 0 Å². The SMILES string of the molecule is CC1=C(CCC(C)(F)F)CC1[C@H](C)C1(C2CCC(I)CC2)CC1. The lowest BCUT2D eigenvalue weighted by atomic mass is 9.61. The molecule has 132 valence electrons. The number of allylic oxidation sites excluding steroid dienone is 2. The summed E-state index contributed by atoms with van der Waals surface area (Å²) in [5.74, 6) is -0.153. The van der Waals surface area contributed by atoms with Crippen molar-refractivity contribution in [3.63, 3.8) is 0 Å². The number of alkyl halides is 3. The van der Waals surface area contributed by atoms with E-state index >= 15 is 0 Å². The molecule has 3 rings (SSSR count). The van der Waals surface area contributed by atoms with Gasteiger partial charge in [0.1, 0.15) is 0 Å². The molecule has 23 heavy (non-hydrogen) atoms. The Labute approximate surface area is 154 Å². The van der Waals surface area contributed by atoms with Crippen LogP contribution in [0.1, 0.15) is 78.6 Å². The van der Waals surface area contributed by atoms with E-state index in [4.69, 9.17) is 0 Å². The Hall–Kier alpha value is 0.330. The van der Waals surface area contributed by atoms with Crippen LogP contribution >= 0.6 is 22.6 Å². The van der Waals surface area contributed by atoms with Crippen LogP contribution in [0.4, 0.5) is 8.78 Å². The third kappa shape index (κ3) is 3.79. The van der Waals surface area contributed by atoms with Gasteiger partial charge in [0.2, 0.25) is 5.92 Å². The summed E-state index contributed by atoms with van der Waals surface area (Å²) in [4.78, 5) is 0. The second kappa shape index (κ2) is 6.57. The summed E-state index contributed by atoms with van der Waals surface area (Å²) in [7, 11) is 0. The van der Waals surface area contributed by atoms with Crippen LogP contribution < -0.4 is 0 Å². The Bertz CT molecular complexity index is 465. The van der Waals surface area contributed by atoms with Gasteiger partial charge in [-0.3, -0.25) is 0 Å². The largest absolute Gasteiger partial charge is 0.245 e. The fraction of sp³-hybridized carbons (Fsp3) is 0.900. The first kappa shape index (κ1) is 18.1. The zero-order valence-corrected chi connectivity index (χ0v) is 17.0. The Morgan fingerprint density at radius 3 is 2.30 bits per heavy atom. The van der Waals surface area contributed by atoms with Gasteiger partial charge in [0.05, 0.1) is 0 Å². The zero-order valence-electron chi connectivity index (χ0n) is 14.8. The number of hydrogen-bond acceptors (Lipinski definition) is 0. The van der Waals surface area contributed by atoms with Gasteiger partial charge in [-0.1, -0.05) is 40.7 Å². The van der Waals surface area contributed by atoms with Crippen molar-refractivity contribution in [1.29, 1.82) is 0 Å². The van der Waals surface area contributed by atoms with Crippen molar-refractivity contribution in [2.75, 3.05) is 0 Å². The predicted molar refractivity (Wildman–Crippen MR) is 101 cm³/mol. The Kier molecular flexibility index (Phi) is 5.18. The van der Waals surface area contributed by atoms with E-state index in [0.29, 0.717) is 17.8 Å². The van der Waals surface area contributed by atoms with Gasteiger partial charge in [0, 0.05) is 10.3 Å². The van der Waals surface area contributed by atoms with Gasteiger partial charge >= 0.3 is 0 Å². The molecule has 0 aromatic heterocycles. The molecule has 2 saturated carbocycles. The summed E-state index contributed by atoms with van der Waals surface area (Å²) in [6, 6.07) is 0. The molecule has 1 unspecified atom stereocenters. The molecule has 0 radical (unpaired) electrons. The molecule has 0 saturated heterocycles. The minimum Gasteiger partial charge on any atom is -0.207 e. The number of rotatable bonds is 6. The van der Waals surface area contributed by atoms with E-state index in [1.165, 1.54) is 49.7 Å². The lowest BCUT2D eigenvalue weighted by molar-refractivity contribution is 0.0121. The lowest BCUT2D eigenvalue weighted by Gasteiger charge is -2.44. The van der Waals surface area contributed by atoms with Crippen LogP contribution in [0.5, 0.6) is 0 Å². The fourth-order valence-corrected chi connectivity index (χ4v) is 6.06. The Balaban J connectivity index is 1.59. The average Bonchev–Trinajstić information content (AvgIpc) is 3.26. The summed E-state index contributed by atoms with van der Waals surface area (Å²) < 4.78 is 27.0. The molecule has 0 nitrogen and oxygen atoms in total. The van der Waals surface area contributed by atoms with Crippen molar-refractivity contribution in [3.8, 4) is 0 Å². The highest BCUT2D eigenvalue weighted by Crippen LogP contribution is 2.65. The first-order chi connectivity index (χ1) is 10.7. The van der Waals surface area contributed by atoms with Crippen molar-refractivity contribution in [2.24, 2.45) is 23.2 Å². The molecule has 0 spiro atoms. The molecule has 0 aromatic rings. The van der Waals surface area contributed by atoms with Crippen molar-refractivity contribution >= 4 is 22.6 Å². The van der Waals surface area contributed by atoms with E-state index in [1.54, 1.807) is 0 Å². The van der Waals surface area contributed by atoms with Crippen molar-refractivity contribution < 1.29 is 8.78 Å². The molecule has 2 fully saturated rings. The molecule has 0 aromatic carbocycles. The van der Waals surface area contributed by atoms with Crippen LogP contribution in [0.2, 0.25) is 0 Å². The van der Waals surface area contributed by atoms with E-state index < -0.39 is 5.92 Å². The maximum Gasteiger partial charge on any atom is 0.245 e. The van der Waals surface area contributed by atoms with Crippen LogP contribution in [-0.4, -0.2) is 9.85 Å². The van der Waals surface area contributed by atoms with Crippen LogP contribution in [-0.2, 0) is 0 Å². The predicted octanol–water partition coefficient (Wildman–Crippen LogP) is 7.17. The van der Waals surface area contributed by atoms with Gasteiger partial charge in [0.25, 0.3) is 0 Å². The standard InChI is InChI=1S/C20H31F2I/c1-13-15(8-9-19(3,21)22)12-18(13)14(2)20(10-11-20)16-4-6-17(23)7-5-16/h14,16-18H,4-12H2,1-3H3/t14-,16?,17?,18?/m0/s1. The second-order valence-electron chi connectivity index (χ2n) is 8.64. The highest BCUT2D eigenvalue weighted by molar-refractivity contribution is 14.1. The quantitative estimate of drug-likeness (QED) is 0.235. The van der Waals surface area contributed by atoms with E-state index in [1.807, 2.05) is 0 Å². The Morgan fingerprint density at radius 1 is 1.22 bits per heavy atom. The summed E-state index contributed by atoms with van der Waals surface area (Å²) in [6.45, 7) is 5.72. The number of hydrogen-bond donors (Lipinski definition) is 0. The monoisotopic (exact) mass is 436 g/mol. The van der Waals surface area contributed by atoms with Gasteiger partial charge in [0.15, 0.2) is 0 Å². The minimum atomic E-state index is -2.51. The molecule has 0 amide bonds. The smallest absolute Gasteiger partial charge is 0.207 e. The van der Waals surface area contributed by atoms with E-state index in [9.17, 15) is 8.78 Å².